The minimum Gasteiger partial charge on any atom is -0.492 e. The van der Waals surface area contributed by atoms with Crippen LogP contribution in [0.2, 0.25) is 0 Å². The molecule has 2 aromatic carbocycles. The summed E-state index contributed by atoms with van der Waals surface area (Å²) in [5.41, 5.74) is -4.93. The van der Waals surface area contributed by atoms with Crippen molar-refractivity contribution >= 4 is 69.0 Å². The molecule has 5 unspecified atom stereocenters. The number of benzene rings is 2. The highest BCUT2D eigenvalue weighted by Crippen LogP contribution is 2.67. The van der Waals surface area contributed by atoms with Gasteiger partial charge in [-0.2, -0.15) is 0 Å². The average molecular weight is 1560 g/mol. The van der Waals surface area contributed by atoms with Crippen LogP contribution in [0.25, 0.3) is 21.8 Å². The first kappa shape index (κ1) is 76.1. The molecule has 32 heteroatoms. The summed E-state index contributed by atoms with van der Waals surface area (Å²) >= 11 is 0. The van der Waals surface area contributed by atoms with E-state index in [4.69, 9.17) is 55.6 Å². The zero-order chi connectivity index (χ0) is 78.7. The van der Waals surface area contributed by atoms with Gasteiger partial charge >= 0.3 is 35.9 Å². The molecule has 8 heterocycles. The molecule has 9 fully saturated rings. The number of hydrogen-bond donors (Lipinski definition) is 2. The quantitative estimate of drug-likeness (QED) is 0.0343. The van der Waals surface area contributed by atoms with Crippen molar-refractivity contribution in [1.29, 1.82) is 0 Å². The molecule has 5 saturated carbocycles. The number of anilines is 2. The minimum absolute atomic E-state index is 0.00123. The van der Waals surface area contributed by atoms with Gasteiger partial charge < -0.3 is 84.7 Å². The number of piperidine rings is 2. The van der Waals surface area contributed by atoms with Crippen molar-refractivity contribution < 1.29 is 103 Å². The first-order valence-corrected chi connectivity index (χ1v) is 38.6. The van der Waals surface area contributed by atoms with Crippen molar-refractivity contribution in [3.05, 3.63) is 136 Å². The number of methoxy groups -OCH3 is 2. The fourth-order valence-corrected chi connectivity index (χ4v) is 20.4. The van der Waals surface area contributed by atoms with Gasteiger partial charge in [0.15, 0.2) is 46.2 Å². The molecule has 6 aromatic rings. The summed E-state index contributed by atoms with van der Waals surface area (Å²) in [5.74, 6) is -6.38. The fraction of sp³-hybridized carbons (Fsp3) is 0.575. The fourth-order valence-electron chi connectivity index (χ4n) is 20.4. The summed E-state index contributed by atoms with van der Waals surface area (Å²) in [6.45, 7) is 7.20. The normalized spacial score (nSPS) is 27.7. The number of nitrogens with zero attached hydrogens (tertiary/aromatic N) is 6. The molecule has 0 bridgehead atoms. The molecular weight excluding hydrogens is 1470 g/mol. The summed E-state index contributed by atoms with van der Waals surface area (Å²) < 4.78 is 102. The van der Waals surface area contributed by atoms with Gasteiger partial charge in [-0.05, 0) is 158 Å². The SMILES string of the molecule is COc1c(N2CC3CCCN(Cc4oc(=O)oc4C)C3C2)c(F)cc2c(=O)c(C(=O)OCOC(=O)OCC(COC(=O)OCOC(=O)c3cn(C4CC4)c4c(OC)c(N5CC6CCCN(Cc7oc(=O)oc7C)C6C5)c(F)cc4c3=O)CC(=O)[C@]3(O)CC[C@@H]4[C@H]5CCC6=CC(=O)C=C[C@@]6(C)C5[C@H](O)C[C@]43C)cn(C3CC3)c12. The van der Waals surface area contributed by atoms with Crippen molar-refractivity contribution in [3.63, 3.8) is 0 Å². The Morgan fingerprint density at radius 2 is 1.12 bits per heavy atom. The number of ether oxygens (including phenoxy) is 8. The summed E-state index contributed by atoms with van der Waals surface area (Å²) in [7, 11) is 2.76. The number of fused-ring (bicyclic) bond motifs is 9. The van der Waals surface area contributed by atoms with E-state index in [1.54, 1.807) is 36.0 Å². The number of ketones is 2. The third kappa shape index (κ3) is 13.6. The van der Waals surface area contributed by atoms with Crippen LogP contribution in [0.4, 0.5) is 29.7 Å². The van der Waals surface area contributed by atoms with Crippen LogP contribution >= 0.6 is 0 Å². The summed E-state index contributed by atoms with van der Waals surface area (Å²) in [4.78, 5) is 143. The molecule has 11 atom stereocenters. The number of hydrogen-bond acceptors (Lipinski definition) is 28. The van der Waals surface area contributed by atoms with Crippen LogP contribution in [-0.4, -0.2) is 169 Å². The van der Waals surface area contributed by atoms with E-state index >= 15 is 8.78 Å². The van der Waals surface area contributed by atoms with Gasteiger partial charge in [0, 0.05) is 91.8 Å². The van der Waals surface area contributed by atoms with Gasteiger partial charge in [0.1, 0.15) is 52.8 Å². The average Bonchev–Trinajstić information content (AvgIpc) is 1.47. The van der Waals surface area contributed by atoms with Crippen LogP contribution in [0.3, 0.4) is 0 Å². The number of pyridine rings is 2. The van der Waals surface area contributed by atoms with Gasteiger partial charge in [0.2, 0.25) is 24.4 Å². The number of halogens is 2. The Balaban J connectivity index is 0.589. The summed E-state index contributed by atoms with van der Waals surface area (Å²) in [5, 5.41) is 24.6. The monoisotopic (exact) mass is 1560 g/mol. The number of aliphatic hydroxyl groups is 2. The van der Waals surface area contributed by atoms with Crippen LogP contribution in [0.5, 0.6) is 11.5 Å². The molecule has 2 N–H and O–H groups in total. The second-order valence-electron chi connectivity index (χ2n) is 32.5. The van der Waals surface area contributed by atoms with Gasteiger partial charge in [-0.3, -0.25) is 29.0 Å². The predicted octanol–water partition coefficient (Wildman–Crippen LogP) is 9.01. The molecule has 0 amide bonds. The number of Topliss-reactive ketones (excluding diaryl/α,β-unsaturated/α-hetero) is 1. The first-order chi connectivity index (χ1) is 53.7. The molecule has 4 aliphatic heterocycles. The number of rotatable bonds is 23. The van der Waals surface area contributed by atoms with Gasteiger partial charge in [0.25, 0.3) is 0 Å². The largest absolute Gasteiger partial charge is 0.519 e. The molecule has 0 spiro atoms. The number of aliphatic hydroxyl groups excluding tert-OH is 1. The molecule has 598 valence electrons. The van der Waals surface area contributed by atoms with E-state index in [9.17, 15) is 58.2 Å². The summed E-state index contributed by atoms with van der Waals surface area (Å²) in [6, 6.07) is 1.64. The van der Waals surface area contributed by atoms with Crippen LogP contribution in [0.1, 0.15) is 160 Å². The molecular formula is C80H90F2N6O24. The van der Waals surface area contributed by atoms with E-state index in [-0.39, 0.29) is 117 Å². The van der Waals surface area contributed by atoms with E-state index in [2.05, 4.69) is 9.80 Å². The van der Waals surface area contributed by atoms with Crippen LogP contribution in [0.15, 0.2) is 85.2 Å². The smallest absolute Gasteiger partial charge is 0.492 e. The lowest BCUT2D eigenvalue weighted by Gasteiger charge is -2.59. The Morgan fingerprint density at radius 1 is 0.634 bits per heavy atom. The Kier molecular flexibility index (Phi) is 20.1. The molecule has 0 radical (unpaired) electrons. The van der Waals surface area contributed by atoms with Gasteiger partial charge in [-0.1, -0.05) is 25.5 Å². The number of likely N-dealkylation sites (tertiary alicyclic amines) is 2. The van der Waals surface area contributed by atoms with Gasteiger partial charge in [0.05, 0.1) is 55.2 Å². The van der Waals surface area contributed by atoms with E-state index in [1.807, 2.05) is 22.8 Å². The first-order valence-electron chi connectivity index (χ1n) is 38.6. The third-order valence-electron chi connectivity index (χ3n) is 26.1. The summed E-state index contributed by atoms with van der Waals surface area (Å²) in [6.07, 6.45) is 10.8. The maximum Gasteiger partial charge on any atom is 0.519 e. The van der Waals surface area contributed by atoms with Crippen molar-refractivity contribution in [1.82, 2.24) is 18.9 Å². The van der Waals surface area contributed by atoms with Crippen molar-refractivity contribution in [2.24, 2.45) is 46.3 Å². The Hall–Kier alpha value is -9.92. The highest BCUT2D eigenvalue weighted by Gasteiger charge is 2.68. The van der Waals surface area contributed by atoms with E-state index < -0.39 is 137 Å². The van der Waals surface area contributed by atoms with Crippen molar-refractivity contribution in [2.75, 3.05) is 90.1 Å². The number of allylic oxidation sites excluding steroid dienone is 4. The lowest BCUT2D eigenvalue weighted by Crippen LogP contribution is -2.61. The highest BCUT2D eigenvalue weighted by atomic mass is 19.1. The third-order valence-corrected chi connectivity index (χ3v) is 26.1. The second kappa shape index (κ2) is 29.6. The Labute approximate surface area is 639 Å². The number of aryl methyl sites for hydroxylation is 2. The maximum absolute atomic E-state index is 16.8. The van der Waals surface area contributed by atoms with Crippen LogP contribution < -0.4 is 41.8 Å². The lowest BCUT2D eigenvalue weighted by atomic mass is 9.46. The molecule has 4 saturated heterocycles. The zero-order valence-electron chi connectivity index (χ0n) is 63.1. The van der Waals surface area contributed by atoms with Gasteiger partial charge in [-0.25, -0.2) is 37.5 Å². The maximum atomic E-state index is 16.8. The van der Waals surface area contributed by atoms with E-state index in [0.717, 1.165) is 43.4 Å². The van der Waals surface area contributed by atoms with Crippen LogP contribution in [-0.2, 0) is 51.1 Å². The Bertz CT molecular complexity index is 4890. The molecule has 30 nitrogen and oxygen atoms in total. The number of aromatic nitrogens is 2. The van der Waals surface area contributed by atoms with Gasteiger partial charge in [-0.15, -0.1) is 0 Å². The lowest BCUT2D eigenvalue weighted by molar-refractivity contribution is -0.177. The number of carbonyl (C=O) groups excluding carboxylic acids is 6. The van der Waals surface area contributed by atoms with E-state index in [1.165, 1.54) is 32.7 Å². The van der Waals surface area contributed by atoms with E-state index in [0.29, 0.717) is 120 Å². The Morgan fingerprint density at radius 3 is 1.58 bits per heavy atom. The molecule has 6 aliphatic carbocycles. The number of carbonyl (C=O) groups is 6. The molecule has 112 heavy (non-hydrogen) atoms. The minimum atomic E-state index is -2.06. The van der Waals surface area contributed by atoms with Crippen molar-refractivity contribution in [2.45, 2.75) is 167 Å². The van der Waals surface area contributed by atoms with Crippen LogP contribution in [0, 0.1) is 71.8 Å². The molecule has 16 rings (SSSR count). The zero-order valence-corrected chi connectivity index (χ0v) is 63.1. The highest BCUT2D eigenvalue weighted by molar-refractivity contribution is 6.02. The predicted molar refractivity (Wildman–Crippen MR) is 390 cm³/mol. The van der Waals surface area contributed by atoms with Crippen molar-refractivity contribution in [3.8, 4) is 11.5 Å². The topological polar surface area (TPSA) is 360 Å². The number of esters is 2. The second-order valence-corrected chi connectivity index (χ2v) is 32.5. The standard InChI is InChI=1S/C80H90F2N6O24/c1-40-60(111-76(98)109-40)34-83-21-7-9-43-28-85(32-57(43)83)66-55(81)25-50-64(70(66)101-5)87(46-12-13-46)30-52(68(50)92)72(94)105-38-107-74(96)103-36-42(23-62(91)80(100)20-18-54-49-16-11-45-24-48(89)17-19-78(45,3)63(49)59(90)27-79(54,80)4)37-104-75(97)108-39-106-73(95)53-31-88(47-14-15-47)65-51(69(53)93)26-56(82)67(71(65)102-6)86-29-44-10-8-22-84(58(44)33-86)35-61-41(2)110-77(99)112-61/h17,19,24-26,30-31,42-44,46-47,49,54,57-59,63,90,100H,7-16,18,20-23,27-29,32-39H2,1-6H3/t42?,43?,44?,49-,54-,57?,58?,59-,63?,78-,79-,80-/m1/s1. The molecule has 4 aromatic heterocycles. The molecule has 10 aliphatic rings.